The van der Waals surface area contributed by atoms with Crippen molar-refractivity contribution < 1.29 is 9.47 Å². The third-order valence-electron chi connectivity index (χ3n) is 3.71. The van der Waals surface area contributed by atoms with Gasteiger partial charge < -0.3 is 9.47 Å². The third-order valence-corrected chi connectivity index (χ3v) is 3.71. The van der Waals surface area contributed by atoms with E-state index in [1.165, 1.54) is 16.3 Å². The molecule has 0 amide bonds. The summed E-state index contributed by atoms with van der Waals surface area (Å²) in [4.78, 5) is 2.40. The highest BCUT2D eigenvalue weighted by atomic mass is 16.5. The Kier molecular flexibility index (Phi) is 4.85. The molecule has 0 aliphatic heterocycles. The van der Waals surface area contributed by atoms with E-state index in [-0.39, 0.29) is 0 Å². The molecule has 0 spiro atoms. The predicted molar refractivity (Wildman–Crippen MR) is 83.7 cm³/mol. The summed E-state index contributed by atoms with van der Waals surface area (Å²) in [5, 5.41) is 2.36. The lowest BCUT2D eigenvalue weighted by atomic mass is 10.1. The molecular formula is C17H23NO2. The van der Waals surface area contributed by atoms with Gasteiger partial charge in [-0.1, -0.05) is 26.0 Å². The van der Waals surface area contributed by atoms with E-state index in [9.17, 15) is 0 Å². The molecule has 2 aromatic carbocycles. The zero-order valence-corrected chi connectivity index (χ0v) is 12.8. The normalized spacial score (nSPS) is 11.1. The number of ether oxygens (including phenoxy) is 2. The zero-order chi connectivity index (χ0) is 14.5. The average Bonchev–Trinajstić information content (AvgIpc) is 2.50. The van der Waals surface area contributed by atoms with E-state index in [0.717, 1.165) is 31.1 Å². The minimum atomic E-state index is 0.775. The van der Waals surface area contributed by atoms with Gasteiger partial charge in [0, 0.05) is 6.54 Å². The minimum absolute atomic E-state index is 0.775. The van der Waals surface area contributed by atoms with Crippen LogP contribution in [0.5, 0.6) is 11.5 Å². The van der Waals surface area contributed by atoms with Gasteiger partial charge in [0.15, 0.2) is 11.5 Å². The molecule has 0 fully saturated rings. The quantitative estimate of drug-likeness (QED) is 0.801. The Morgan fingerprint density at radius 2 is 1.45 bits per heavy atom. The fourth-order valence-corrected chi connectivity index (χ4v) is 2.43. The van der Waals surface area contributed by atoms with Gasteiger partial charge >= 0.3 is 0 Å². The fourth-order valence-electron chi connectivity index (χ4n) is 2.43. The second-order valence-electron chi connectivity index (χ2n) is 4.85. The van der Waals surface area contributed by atoms with Crippen molar-refractivity contribution in [3.8, 4) is 11.5 Å². The Morgan fingerprint density at radius 3 is 2.00 bits per heavy atom. The van der Waals surface area contributed by atoms with Crippen molar-refractivity contribution in [2.45, 2.75) is 20.4 Å². The van der Waals surface area contributed by atoms with Gasteiger partial charge in [0.25, 0.3) is 0 Å². The summed E-state index contributed by atoms with van der Waals surface area (Å²) in [5.41, 5.74) is 1.33. The average molecular weight is 273 g/mol. The summed E-state index contributed by atoms with van der Waals surface area (Å²) in [7, 11) is 3.34. The first-order valence-corrected chi connectivity index (χ1v) is 7.08. The van der Waals surface area contributed by atoms with Crippen molar-refractivity contribution in [3.05, 3.63) is 35.9 Å². The van der Waals surface area contributed by atoms with Crippen LogP contribution in [0.15, 0.2) is 30.3 Å². The van der Waals surface area contributed by atoms with Crippen LogP contribution in [-0.2, 0) is 6.54 Å². The van der Waals surface area contributed by atoms with E-state index in [1.54, 1.807) is 14.2 Å². The Morgan fingerprint density at radius 1 is 0.850 bits per heavy atom. The largest absolute Gasteiger partial charge is 0.493 e. The molecule has 108 valence electrons. The Balaban J connectivity index is 2.38. The van der Waals surface area contributed by atoms with Gasteiger partial charge in [-0.05, 0) is 47.6 Å². The van der Waals surface area contributed by atoms with Gasteiger partial charge in [-0.2, -0.15) is 0 Å². The Bertz CT molecular complexity index is 576. The fraction of sp³-hybridized carbons (Fsp3) is 0.412. The summed E-state index contributed by atoms with van der Waals surface area (Å²) in [6.45, 7) is 7.51. The number of fused-ring (bicyclic) bond motifs is 1. The van der Waals surface area contributed by atoms with Crippen molar-refractivity contribution in [2.24, 2.45) is 0 Å². The maximum Gasteiger partial charge on any atom is 0.161 e. The van der Waals surface area contributed by atoms with Gasteiger partial charge in [0.1, 0.15) is 0 Å². The van der Waals surface area contributed by atoms with Gasteiger partial charge in [0.2, 0.25) is 0 Å². The molecule has 2 rings (SSSR count). The van der Waals surface area contributed by atoms with Crippen LogP contribution in [-0.4, -0.2) is 32.2 Å². The van der Waals surface area contributed by atoms with Crippen LogP contribution in [0.4, 0.5) is 0 Å². The van der Waals surface area contributed by atoms with E-state index < -0.39 is 0 Å². The molecule has 2 aromatic rings. The van der Waals surface area contributed by atoms with Crippen LogP contribution in [0, 0.1) is 0 Å². The van der Waals surface area contributed by atoms with Gasteiger partial charge in [-0.3, -0.25) is 4.90 Å². The van der Waals surface area contributed by atoms with E-state index in [4.69, 9.17) is 9.47 Å². The molecule has 0 atom stereocenters. The van der Waals surface area contributed by atoms with Crippen molar-refractivity contribution >= 4 is 10.8 Å². The molecule has 20 heavy (non-hydrogen) atoms. The molecular weight excluding hydrogens is 250 g/mol. The zero-order valence-electron chi connectivity index (χ0n) is 12.8. The molecule has 0 saturated heterocycles. The molecule has 0 aromatic heterocycles. The summed E-state index contributed by atoms with van der Waals surface area (Å²) in [6.07, 6.45) is 0. The highest BCUT2D eigenvalue weighted by Crippen LogP contribution is 2.32. The van der Waals surface area contributed by atoms with Gasteiger partial charge in [0.05, 0.1) is 14.2 Å². The lowest BCUT2D eigenvalue weighted by Gasteiger charge is -2.18. The summed E-state index contributed by atoms with van der Waals surface area (Å²) in [6, 6.07) is 10.6. The number of nitrogens with zero attached hydrogens (tertiary/aromatic N) is 1. The van der Waals surface area contributed by atoms with E-state index in [0.29, 0.717) is 0 Å². The first kappa shape index (κ1) is 14.7. The monoisotopic (exact) mass is 273 g/mol. The molecule has 0 aliphatic rings. The SMILES string of the molecule is CCN(CC)Cc1ccc2cc(OC)c(OC)cc2c1. The topological polar surface area (TPSA) is 21.7 Å². The Hall–Kier alpha value is -1.74. The summed E-state index contributed by atoms with van der Waals surface area (Å²) in [5.74, 6) is 1.55. The summed E-state index contributed by atoms with van der Waals surface area (Å²) < 4.78 is 10.7. The van der Waals surface area contributed by atoms with E-state index in [2.05, 4.69) is 36.9 Å². The highest BCUT2D eigenvalue weighted by Gasteiger charge is 2.07. The number of benzene rings is 2. The maximum absolute atomic E-state index is 5.37. The van der Waals surface area contributed by atoms with Crippen LogP contribution >= 0.6 is 0 Å². The van der Waals surface area contributed by atoms with Crippen LogP contribution in [0.25, 0.3) is 10.8 Å². The van der Waals surface area contributed by atoms with Crippen molar-refractivity contribution in [1.82, 2.24) is 4.90 Å². The molecule has 0 aliphatic carbocycles. The second kappa shape index (κ2) is 6.62. The van der Waals surface area contributed by atoms with E-state index in [1.807, 2.05) is 12.1 Å². The second-order valence-corrected chi connectivity index (χ2v) is 4.85. The number of methoxy groups -OCH3 is 2. The van der Waals surface area contributed by atoms with Crippen molar-refractivity contribution in [2.75, 3.05) is 27.3 Å². The number of hydrogen-bond donors (Lipinski definition) is 0. The first-order chi connectivity index (χ1) is 9.71. The lowest BCUT2D eigenvalue weighted by Crippen LogP contribution is -2.21. The number of hydrogen-bond acceptors (Lipinski definition) is 3. The highest BCUT2D eigenvalue weighted by molar-refractivity contribution is 5.86. The molecule has 0 bridgehead atoms. The van der Waals surface area contributed by atoms with Crippen molar-refractivity contribution in [1.29, 1.82) is 0 Å². The molecule has 0 N–H and O–H groups in total. The molecule has 3 nitrogen and oxygen atoms in total. The molecule has 0 saturated carbocycles. The smallest absolute Gasteiger partial charge is 0.161 e. The molecule has 0 heterocycles. The third kappa shape index (κ3) is 3.05. The van der Waals surface area contributed by atoms with Crippen LogP contribution < -0.4 is 9.47 Å². The van der Waals surface area contributed by atoms with E-state index >= 15 is 0 Å². The summed E-state index contributed by atoms with van der Waals surface area (Å²) >= 11 is 0. The molecule has 3 heteroatoms. The van der Waals surface area contributed by atoms with Crippen LogP contribution in [0.1, 0.15) is 19.4 Å². The minimum Gasteiger partial charge on any atom is -0.493 e. The standard InChI is InChI=1S/C17H23NO2/c1-5-18(6-2)12-13-7-8-14-10-16(19-3)17(20-4)11-15(14)9-13/h7-11H,5-6,12H2,1-4H3. The Labute approximate surface area is 121 Å². The molecule has 0 unspecified atom stereocenters. The van der Waals surface area contributed by atoms with Gasteiger partial charge in [-0.25, -0.2) is 0 Å². The first-order valence-electron chi connectivity index (χ1n) is 7.08. The van der Waals surface area contributed by atoms with Crippen LogP contribution in [0.2, 0.25) is 0 Å². The maximum atomic E-state index is 5.37. The van der Waals surface area contributed by atoms with Gasteiger partial charge in [-0.15, -0.1) is 0 Å². The molecule has 0 radical (unpaired) electrons. The predicted octanol–water partition coefficient (Wildman–Crippen LogP) is 3.70. The lowest BCUT2D eigenvalue weighted by molar-refractivity contribution is 0.296. The van der Waals surface area contributed by atoms with Crippen LogP contribution in [0.3, 0.4) is 0 Å². The number of rotatable bonds is 6. The van der Waals surface area contributed by atoms with Crippen molar-refractivity contribution in [3.63, 3.8) is 0 Å².